The summed E-state index contributed by atoms with van der Waals surface area (Å²) in [6, 6.07) is 0. The van der Waals surface area contributed by atoms with Crippen molar-refractivity contribution in [1.82, 2.24) is 14.9 Å². The molecule has 0 amide bonds. The molecule has 6 heteroatoms. The minimum Gasteiger partial charge on any atom is -0.391 e. The first-order valence-corrected chi connectivity index (χ1v) is 6.42. The number of nitrogen functional groups attached to an aromatic ring is 1. The van der Waals surface area contributed by atoms with Crippen molar-refractivity contribution in [3.05, 3.63) is 16.7 Å². The first-order valence-electron chi connectivity index (χ1n) is 6.42. The highest BCUT2D eigenvalue weighted by Gasteiger charge is 2.16. The lowest BCUT2D eigenvalue weighted by Gasteiger charge is -2.28. The van der Waals surface area contributed by atoms with E-state index in [0.717, 1.165) is 18.9 Å². The van der Waals surface area contributed by atoms with Gasteiger partial charge in [-0.05, 0) is 45.3 Å². The van der Waals surface area contributed by atoms with Crippen LogP contribution in [0.15, 0.2) is 11.1 Å². The SMILES string of the molecule is CN1CCC(CCNc2nc[nH]c(=O)c2N)CC1. The topological polar surface area (TPSA) is 87.0 Å². The van der Waals surface area contributed by atoms with Crippen molar-refractivity contribution in [2.45, 2.75) is 19.3 Å². The van der Waals surface area contributed by atoms with E-state index in [4.69, 9.17) is 5.73 Å². The number of likely N-dealkylation sites (tertiary alicyclic amines) is 1. The summed E-state index contributed by atoms with van der Waals surface area (Å²) in [6.45, 7) is 3.17. The molecule has 0 bridgehead atoms. The van der Waals surface area contributed by atoms with Crippen LogP contribution in [0.25, 0.3) is 0 Å². The maximum absolute atomic E-state index is 11.3. The van der Waals surface area contributed by atoms with Crippen molar-refractivity contribution >= 4 is 11.5 Å². The maximum atomic E-state index is 11.3. The normalized spacial score (nSPS) is 17.8. The molecule has 0 atom stereocenters. The Morgan fingerprint density at radius 1 is 1.56 bits per heavy atom. The van der Waals surface area contributed by atoms with Gasteiger partial charge in [0.15, 0.2) is 5.82 Å². The van der Waals surface area contributed by atoms with Crippen molar-refractivity contribution in [3.63, 3.8) is 0 Å². The third kappa shape index (κ3) is 3.22. The van der Waals surface area contributed by atoms with Crippen molar-refractivity contribution < 1.29 is 0 Å². The number of aromatic amines is 1. The van der Waals surface area contributed by atoms with Gasteiger partial charge in [0.1, 0.15) is 5.69 Å². The Labute approximate surface area is 107 Å². The van der Waals surface area contributed by atoms with Crippen LogP contribution in [0.5, 0.6) is 0 Å². The zero-order valence-electron chi connectivity index (χ0n) is 10.8. The minimum atomic E-state index is -0.285. The summed E-state index contributed by atoms with van der Waals surface area (Å²) in [6.07, 6.45) is 4.96. The molecule has 1 aromatic rings. The van der Waals surface area contributed by atoms with Crippen LogP contribution in [0.3, 0.4) is 0 Å². The van der Waals surface area contributed by atoms with Gasteiger partial charge in [0.05, 0.1) is 6.33 Å². The van der Waals surface area contributed by atoms with Crippen molar-refractivity contribution in [2.24, 2.45) is 5.92 Å². The minimum absolute atomic E-state index is 0.167. The zero-order chi connectivity index (χ0) is 13.0. The Kier molecular flexibility index (Phi) is 4.19. The number of hydrogen-bond donors (Lipinski definition) is 3. The summed E-state index contributed by atoms with van der Waals surface area (Å²) >= 11 is 0. The molecule has 1 aromatic heterocycles. The lowest BCUT2D eigenvalue weighted by Crippen LogP contribution is -2.31. The lowest BCUT2D eigenvalue weighted by atomic mass is 9.94. The van der Waals surface area contributed by atoms with Gasteiger partial charge in [-0.25, -0.2) is 4.98 Å². The third-order valence-electron chi connectivity index (χ3n) is 3.57. The highest BCUT2D eigenvalue weighted by molar-refractivity contribution is 5.58. The lowest BCUT2D eigenvalue weighted by molar-refractivity contribution is 0.215. The number of anilines is 2. The van der Waals surface area contributed by atoms with E-state index in [1.807, 2.05) is 0 Å². The molecule has 1 fully saturated rings. The van der Waals surface area contributed by atoms with Crippen molar-refractivity contribution in [1.29, 1.82) is 0 Å². The molecule has 0 radical (unpaired) electrons. The van der Waals surface area contributed by atoms with Crippen LogP contribution in [-0.2, 0) is 0 Å². The molecule has 0 saturated carbocycles. The maximum Gasteiger partial charge on any atom is 0.276 e. The Bertz CT molecular complexity index is 436. The quantitative estimate of drug-likeness (QED) is 0.725. The van der Waals surface area contributed by atoms with E-state index in [1.54, 1.807) is 0 Å². The number of hydrogen-bond acceptors (Lipinski definition) is 5. The molecule has 18 heavy (non-hydrogen) atoms. The number of H-pyrrole nitrogens is 1. The summed E-state index contributed by atoms with van der Waals surface area (Å²) in [5.74, 6) is 1.25. The molecule has 0 unspecified atom stereocenters. The van der Waals surface area contributed by atoms with Crippen LogP contribution >= 0.6 is 0 Å². The number of aromatic nitrogens is 2. The molecule has 6 nitrogen and oxygen atoms in total. The second-order valence-electron chi connectivity index (χ2n) is 4.96. The highest BCUT2D eigenvalue weighted by atomic mass is 16.1. The molecular weight excluding hydrogens is 230 g/mol. The second kappa shape index (κ2) is 5.86. The fraction of sp³-hybridized carbons (Fsp3) is 0.667. The number of rotatable bonds is 4. The van der Waals surface area contributed by atoms with Crippen LogP contribution in [0.2, 0.25) is 0 Å². The van der Waals surface area contributed by atoms with Gasteiger partial charge in [0, 0.05) is 6.54 Å². The van der Waals surface area contributed by atoms with Gasteiger partial charge in [-0.2, -0.15) is 0 Å². The molecule has 0 aromatic carbocycles. The van der Waals surface area contributed by atoms with Crippen LogP contribution in [0.4, 0.5) is 11.5 Å². The van der Waals surface area contributed by atoms with Gasteiger partial charge in [-0.1, -0.05) is 0 Å². The van der Waals surface area contributed by atoms with Gasteiger partial charge >= 0.3 is 0 Å². The average Bonchev–Trinajstić information content (AvgIpc) is 2.37. The monoisotopic (exact) mass is 251 g/mol. The van der Waals surface area contributed by atoms with Gasteiger partial charge in [0.2, 0.25) is 0 Å². The number of nitrogens with zero attached hydrogens (tertiary/aromatic N) is 2. The average molecular weight is 251 g/mol. The first kappa shape index (κ1) is 12.9. The van der Waals surface area contributed by atoms with Crippen LogP contribution in [0, 0.1) is 5.92 Å². The van der Waals surface area contributed by atoms with E-state index in [-0.39, 0.29) is 11.2 Å². The van der Waals surface area contributed by atoms with Crippen LogP contribution in [0.1, 0.15) is 19.3 Å². The molecule has 0 spiro atoms. The fourth-order valence-corrected chi connectivity index (χ4v) is 2.30. The van der Waals surface area contributed by atoms with E-state index in [9.17, 15) is 4.79 Å². The molecule has 1 saturated heterocycles. The van der Waals surface area contributed by atoms with Crippen LogP contribution < -0.4 is 16.6 Å². The Balaban J connectivity index is 1.78. The summed E-state index contributed by atoms with van der Waals surface area (Å²) in [4.78, 5) is 20.1. The highest BCUT2D eigenvalue weighted by Crippen LogP contribution is 2.19. The molecular formula is C12H21N5O. The van der Waals surface area contributed by atoms with E-state index in [0.29, 0.717) is 5.82 Å². The zero-order valence-corrected chi connectivity index (χ0v) is 10.8. The van der Waals surface area contributed by atoms with E-state index >= 15 is 0 Å². The van der Waals surface area contributed by atoms with Crippen LogP contribution in [-0.4, -0.2) is 41.5 Å². The second-order valence-corrected chi connectivity index (χ2v) is 4.96. The molecule has 2 heterocycles. The Hall–Kier alpha value is -1.56. The third-order valence-corrected chi connectivity index (χ3v) is 3.57. The number of nitrogens with two attached hydrogens (primary N) is 1. The fourth-order valence-electron chi connectivity index (χ4n) is 2.30. The Morgan fingerprint density at radius 3 is 3.00 bits per heavy atom. The first-order chi connectivity index (χ1) is 8.66. The van der Waals surface area contributed by atoms with Crippen molar-refractivity contribution in [2.75, 3.05) is 37.7 Å². The summed E-state index contributed by atoms with van der Waals surface area (Å²) in [7, 11) is 2.16. The molecule has 1 aliphatic rings. The summed E-state index contributed by atoms with van der Waals surface area (Å²) in [5, 5.41) is 3.14. The predicted octanol–water partition coefficient (Wildman–Crippen LogP) is 0.496. The van der Waals surface area contributed by atoms with E-state index in [1.165, 1.54) is 32.3 Å². The van der Waals surface area contributed by atoms with Gasteiger partial charge in [-0.15, -0.1) is 0 Å². The summed E-state index contributed by atoms with van der Waals surface area (Å²) < 4.78 is 0. The van der Waals surface area contributed by atoms with Gasteiger partial charge < -0.3 is 20.9 Å². The molecule has 1 aliphatic heterocycles. The largest absolute Gasteiger partial charge is 0.391 e. The smallest absolute Gasteiger partial charge is 0.276 e. The van der Waals surface area contributed by atoms with Gasteiger partial charge in [0.25, 0.3) is 5.56 Å². The molecule has 4 N–H and O–H groups in total. The van der Waals surface area contributed by atoms with E-state index < -0.39 is 0 Å². The predicted molar refractivity (Wildman–Crippen MR) is 72.6 cm³/mol. The molecule has 0 aliphatic carbocycles. The standard InChI is InChI=1S/C12H21N5O/c1-17-6-3-9(4-7-17)2-5-14-11-10(13)12(18)16-8-15-11/h8-9H,2-7,13H2,1H3,(H2,14,15,16,18). The number of nitrogens with one attached hydrogen (secondary N) is 2. The number of piperidine rings is 1. The molecule has 100 valence electrons. The Morgan fingerprint density at radius 2 is 2.28 bits per heavy atom. The van der Waals surface area contributed by atoms with Gasteiger partial charge in [-0.3, -0.25) is 4.79 Å². The summed E-state index contributed by atoms with van der Waals surface area (Å²) in [5.41, 5.74) is 5.53. The van der Waals surface area contributed by atoms with Crippen molar-refractivity contribution in [3.8, 4) is 0 Å². The molecule has 2 rings (SSSR count). The van der Waals surface area contributed by atoms with E-state index in [2.05, 4.69) is 27.2 Å².